The summed E-state index contributed by atoms with van der Waals surface area (Å²) < 4.78 is 1.93. The largest absolute Gasteiger partial charge is 0.350 e. The molecule has 35 heavy (non-hydrogen) atoms. The van der Waals surface area contributed by atoms with Gasteiger partial charge < -0.3 is 5.32 Å². The number of aryl methyl sites for hydroxylation is 1. The predicted molar refractivity (Wildman–Crippen MR) is 140 cm³/mol. The number of carbonyl (C=O) groups excluding carboxylic acids is 1. The van der Waals surface area contributed by atoms with Crippen LogP contribution in [0.15, 0.2) is 42.9 Å². The van der Waals surface area contributed by atoms with Crippen LogP contribution in [0.3, 0.4) is 0 Å². The molecule has 7 heteroatoms. The molecule has 2 aliphatic rings. The molecule has 0 unspecified atom stereocenters. The average Bonchev–Trinajstić information content (AvgIpc) is 3.30. The second-order valence-electron chi connectivity index (χ2n) is 10.5. The van der Waals surface area contributed by atoms with Crippen molar-refractivity contribution in [3.05, 3.63) is 54.0 Å². The highest BCUT2D eigenvalue weighted by atomic mass is 16.1. The maximum Gasteiger partial charge on any atom is 0.253 e. The molecule has 3 aromatic rings. The van der Waals surface area contributed by atoms with E-state index < -0.39 is 0 Å². The number of rotatable bonds is 6. The lowest BCUT2D eigenvalue weighted by atomic mass is 9.79. The number of pyridine rings is 2. The summed E-state index contributed by atoms with van der Waals surface area (Å²) in [5, 5.41) is 4.27. The zero-order valence-electron chi connectivity index (χ0n) is 21.3. The lowest BCUT2D eigenvalue weighted by Gasteiger charge is -2.50. The molecule has 0 radical (unpaired) electrons. The van der Waals surface area contributed by atoms with Crippen LogP contribution in [0.5, 0.6) is 0 Å². The Kier molecular flexibility index (Phi) is 6.89. The monoisotopic (exact) mass is 474 g/mol. The van der Waals surface area contributed by atoms with Crippen LogP contribution in [0.1, 0.15) is 61.9 Å². The number of nitrogens with zero attached hydrogens (tertiary/aromatic N) is 5. The predicted octanol–water partition coefficient (Wildman–Crippen LogP) is 4.19. The SMILES string of the molecule is Cc1ccnc2c1c(C(=O)NCC1(N3CCN(C(C)C)CC3)CCCCC1)cn2-c1ccccn1. The van der Waals surface area contributed by atoms with E-state index in [0.29, 0.717) is 18.2 Å². The minimum Gasteiger partial charge on any atom is -0.350 e. The van der Waals surface area contributed by atoms with Crippen molar-refractivity contribution in [2.75, 3.05) is 32.7 Å². The third kappa shape index (κ3) is 4.71. The first-order valence-corrected chi connectivity index (χ1v) is 13.1. The van der Waals surface area contributed by atoms with Crippen molar-refractivity contribution in [2.45, 2.75) is 64.5 Å². The summed E-state index contributed by atoms with van der Waals surface area (Å²) in [6.07, 6.45) is 11.6. The topological polar surface area (TPSA) is 66.3 Å². The Morgan fingerprint density at radius 2 is 1.80 bits per heavy atom. The molecular weight excluding hydrogens is 436 g/mol. The maximum atomic E-state index is 13.7. The fourth-order valence-electron chi connectivity index (χ4n) is 6.02. The van der Waals surface area contributed by atoms with E-state index >= 15 is 0 Å². The van der Waals surface area contributed by atoms with E-state index in [1.165, 1.54) is 19.3 Å². The molecule has 1 N–H and O–H groups in total. The Balaban J connectivity index is 1.39. The number of nitrogens with one attached hydrogen (secondary N) is 1. The summed E-state index contributed by atoms with van der Waals surface area (Å²) in [5.74, 6) is 0.743. The van der Waals surface area contributed by atoms with E-state index in [4.69, 9.17) is 0 Å². The van der Waals surface area contributed by atoms with Crippen molar-refractivity contribution in [2.24, 2.45) is 0 Å². The Bertz CT molecular complexity index is 1160. The van der Waals surface area contributed by atoms with Crippen LogP contribution < -0.4 is 5.32 Å². The van der Waals surface area contributed by atoms with Crippen molar-refractivity contribution in [3.63, 3.8) is 0 Å². The van der Waals surface area contributed by atoms with Gasteiger partial charge in [-0.2, -0.15) is 0 Å². The highest BCUT2D eigenvalue weighted by Gasteiger charge is 2.40. The molecule has 1 saturated heterocycles. The Morgan fingerprint density at radius 1 is 1.03 bits per heavy atom. The molecule has 5 rings (SSSR count). The molecule has 1 saturated carbocycles. The molecule has 7 nitrogen and oxygen atoms in total. The summed E-state index contributed by atoms with van der Waals surface area (Å²) in [5.41, 5.74) is 2.55. The standard InChI is InChI=1S/C28H38N6O/c1-21(2)32-15-17-33(18-16-32)28(11-6-4-7-12-28)20-31-27(35)23-19-34(24-9-5-8-13-29-24)26-25(23)22(3)10-14-30-26/h5,8-10,13-14,19,21H,4,6-7,11-12,15-18,20H2,1-3H3,(H,31,35). The van der Waals surface area contributed by atoms with Gasteiger partial charge in [-0.15, -0.1) is 0 Å². The lowest BCUT2D eigenvalue weighted by Crippen LogP contribution is -2.62. The number of hydrogen-bond acceptors (Lipinski definition) is 5. The van der Waals surface area contributed by atoms with E-state index in [1.807, 2.05) is 42.0 Å². The summed E-state index contributed by atoms with van der Waals surface area (Å²) in [7, 11) is 0. The summed E-state index contributed by atoms with van der Waals surface area (Å²) in [6, 6.07) is 8.35. The number of hydrogen-bond donors (Lipinski definition) is 1. The Morgan fingerprint density at radius 3 is 2.49 bits per heavy atom. The van der Waals surface area contributed by atoms with Gasteiger partial charge in [0, 0.05) is 68.3 Å². The second kappa shape index (κ2) is 10.1. The normalized spacial score (nSPS) is 19.3. The smallest absolute Gasteiger partial charge is 0.253 e. The molecule has 1 aliphatic heterocycles. The fourth-order valence-corrected chi connectivity index (χ4v) is 6.02. The molecule has 2 fully saturated rings. The van der Waals surface area contributed by atoms with Gasteiger partial charge in [-0.05, 0) is 57.4 Å². The van der Waals surface area contributed by atoms with E-state index in [9.17, 15) is 4.79 Å². The molecule has 1 amide bonds. The quantitative estimate of drug-likeness (QED) is 0.580. The maximum absolute atomic E-state index is 13.7. The first-order valence-electron chi connectivity index (χ1n) is 13.1. The zero-order chi connectivity index (χ0) is 24.4. The fraction of sp³-hybridized carbons (Fsp3) is 0.536. The Hall–Kier alpha value is -2.77. The summed E-state index contributed by atoms with van der Waals surface area (Å²) in [6.45, 7) is 11.7. The van der Waals surface area contributed by atoms with Crippen molar-refractivity contribution < 1.29 is 4.79 Å². The van der Waals surface area contributed by atoms with Gasteiger partial charge in [-0.1, -0.05) is 25.3 Å². The average molecular weight is 475 g/mol. The van der Waals surface area contributed by atoms with E-state index in [0.717, 1.165) is 61.4 Å². The number of fused-ring (bicyclic) bond motifs is 1. The summed E-state index contributed by atoms with van der Waals surface area (Å²) >= 11 is 0. The van der Waals surface area contributed by atoms with Crippen molar-refractivity contribution in [3.8, 4) is 5.82 Å². The molecule has 1 aliphatic carbocycles. The van der Waals surface area contributed by atoms with Gasteiger partial charge in [0.15, 0.2) is 0 Å². The van der Waals surface area contributed by atoms with Crippen molar-refractivity contribution in [1.29, 1.82) is 0 Å². The van der Waals surface area contributed by atoms with Crippen LogP contribution in [0, 0.1) is 6.92 Å². The molecule has 3 aromatic heterocycles. The number of aromatic nitrogens is 3. The zero-order valence-corrected chi connectivity index (χ0v) is 21.3. The minimum atomic E-state index is -0.0217. The van der Waals surface area contributed by atoms with Gasteiger partial charge in [0.1, 0.15) is 11.5 Å². The van der Waals surface area contributed by atoms with Gasteiger partial charge in [0.2, 0.25) is 0 Å². The molecule has 0 atom stereocenters. The highest BCUT2D eigenvalue weighted by Crippen LogP contribution is 2.34. The molecule has 186 valence electrons. The van der Waals surface area contributed by atoms with Crippen LogP contribution in [0.2, 0.25) is 0 Å². The summed E-state index contributed by atoms with van der Waals surface area (Å²) in [4.78, 5) is 28.0. The van der Waals surface area contributed by atoms with Crippen molar-refractivity contribution in [1.82, 2.24) is 29.7 Å². The second-order valence-corrected chi connectivity index (χ2v) is 10.5. The van der Waals surface area contributed by atoms with Crippen molar-refractivity contribution >= 4 is 16.9 Å². The van der Waals surface area contributed by atoms with Gasteiger partial charge in [-0.3, -0.25) is 19.2 Å². The number of amides is 1. The number of carbonyl (C=O) groups is 1. The van der Waals surface area contributed by atoms with E-state index in [2.05, 4.69) is 38.9 Å². The lowest BCUT2D eigenvalue weighted by molar-refractivity contribution is 0.000839. The first-order chi connectivity index (χ1) is 17.0. The molecule has 0 spiro atoms. The van der Waals surface area contributed by atoms with E-state index in [1.54, 1.807) is 12.4 Å². The molecular formula is C28H38N6O. The first kappa shape index (κ1) is 23.9. The van der Waals surface area contributed by atoms with Crippen LogP contribution in [0.4, 0.5) is 0 Å². The van der Waals surface area contributed by atoms with E-state index in [-0.39, 0.29) is 11.4 Å². The number of piperazine rings is 1. The molecule has 4 heterocycles. The molecule has 0 bridgehead atoms. The van der Waals surface area contributed by atoms with Gasteiger partial charge in [0.25, 0.3) is 5.91 Å². The van der Waals surface area contributed by atoms with Crippen LogP contribution in [0.25, 0.3) is 16.9 Å². The van der Waals surface area contributed by atoms with Gasteiger partial charge in [0.05, 0.1) is 5.56 Å². The highest BCUT2D eigenvalue weighted by molar-refractivity contribution is 6.07. The van der Waals surface area contributed by atoms with Gasteiger partial charge >= 0.3 is 0 Å². The molecule has 0 aromatic carbocycles. The third-order valence-electron chi connectivity index (χ3n) is 8.11. The van der Waals surface area contributed by atoms with Crippen LogP contribution in [-0.2, 0) is 0 Å². The minimum absolute atomic E-state index is 0.0217. The third-order valence-corrected chi connectivity index (χ3v) is 8.11. The van der Waals surface area contributed by atoms with Crippen LogP contribution >= 0.6 is 0 Å². The Labute approximate surface area is 208 Å². The van der Waals surface area contributed by atoms with Gasteiger partial charge in [-0.25, -0.2) is 9.97 Å². The van der Waals surface area contributed by atoms with Crippen LogP contribution in [-0.4, -0.2) is 74.5 Å².